The summed E-state index contributed by atoms with van der Waals surface area (Å²) in [5, 5.41) is 7.89. The van der Waals surface area contributed by atoms with E-state index in [-0.39, 0.29) is 23.6 Å². The average Bonchev–Trinajstić information content (AvgIpc) is 2.58. The van der Waals surface area contributed by atoms with Crippen LogP contribution in [0.4, 0.5) is 20.6 Å². The van der Waals surface area contributed by atoms with Gasteiger partial charge in [0, 0.05) is 42.7 Å². The number of urea groups is 1. The minimum atomic E-state index is -0.569. The van der Waals surface area contributed by atoms with Crippen molar-refractivity contribution >= 4 is 23.3 Å². The first-order valence-electron chi connectivity index (χ1n) is 8.28. The van der Waals surface area contributed by atoms with Gasteiger partial charge in [-0.1, -0.05) is 13.8 Å². The highest BCUT2D eigenvalue weighted by molar-refractivity contribution is 5.94. The molecule has 0 fully saturated rings. The molecule has 1 aromatic heterocycles. The van der Waals surface area contributed by atoms with Gasteiger partial charge in [-0.15, -0.1) is 0 Å². The number of hydrogen-bond donors (Lipinski definition) is 3. The molecule has 0 bridgehead atoms. The Morgan fingerprint density at radius 1 is 1.15 bits per heavy atom. The Morgan fingerprint density at radius 3 is 2.58 bits per heavy atom. The molecule has 138 valence electrons. The summed E-state index contributed by atoms with van der Waals surface area (Å²) in [4.78, 5) is 32.0. The highest BCUT2D eigenvalue weighted by Crippen LogP contribution is 2.20. The maximum atomic E-state index is 13.8. The maximum absolute atomic E-state index is 13.8. The molecule has 0 aliphatic rings. The summed E-state index contributed by atoms with van der Waals surface area (Å²) < 4.78 is 13.8. The van der Waals surface area contributed by atoms with E-state index in [1.807, 2.05) is 6.92 Å². The third-order valence-corrected chi connectivity index (χ3v) is 3.52. The quantitative estimate of drug-likeness (QED) is 0.739. The minimum absolute atomic E-state index is 0.0223. The number of aromatic nitrogens is 2. The van der Waals surface area contributed by atoms with Crippen molar-refractivity contribution in [2.45, 2.75) is 33.2 Å². The Bertz CT molecular complexity index is 767. The van der Waals surface area contributed by atoms with Gasteiger partial charge in [-0.3, -0.25) is 14.8 Å². The second kappa shape index (κ2) is 8.89. The molecule has 0 unspecified atom stereocenters. The molecule has 0 radical (unpaired) electrons. The average molecular weight is 359 g/mol. The molecule has 3 amide bonds. The molecule has 0 aliphatic carbocycles. The fraction of sp³-hybridized carbons (Fsp3) is 0.333. The van der Waals surface area contributed by atoms with Gasteiger partial charge in [-0.2, -0.15) is 0 Å². The predicted octanol–water partition coefficient (Wildman–Crippen LogP) is 2.96. The number of benzene rings is 1. The first kappa shape index (κ1) is 19.3. The lowest BCUT2D eigenvalue weighted by atomic mass is 10.2. The van der Waals surface area contributed by atoms with Gasteiger partial charge in [0.15, 0.2) is 0 Å². The molecule has 2 rings (SSSR count). The first-order valence-corrected chi connectivity index (χ1v) is 8.28. The number of halogens is 1. The molecule has 0 saturated heterocycles. The van der Waals surface area contributed by atoms with Gasteiger partial charge in [0.2, 0.25) is 5.91 Å². The SMILES string of the molecule is CC(C)C(=O)Nc1cc(NC(=O)N[C@H](C)Cc2cnccn2)ccc1F. The van der Waals surface area contributed by atoms with Gasteiger partial charge in [-0.25, -0.2) is 9.18 Å². The van der Waals surface area contributed by atoms with Crippen LogP contribution in [0.3, 0.4) is 0 Å². The number of rotatable bonds is 6. The summed E-state index contributed by atoms with van der Waals surface area (Å²) >= 11 is 0. The zero-order chi connectivity index (χ0) is 19.1. The van der Waals surface area contributed by atoms with E-state index in [9.17, 15) is 14.0 Å². The van der Waals surface area contributed by atoms with Crippen LogP contribution in [0.5, 0.6) is 0 Å². The highest BCUT2D eigenvalue weighted by atomic mass is 19.1. The molecular weight excluding hydrogens is 337 g/mol. The lowest BCUT2D eigenvalue weighted by molar-refractivity contribution is -0.118. The van der Waals surface area contributed by atoms with Gasteiger partial charge < -0.3 is 16.0 Å². The largest absolute Gasteiger partial charge is 0.335 e. The van der Waals surface area contributed by atoms with Crippen molar-refractivity contribution in [1.29, 1.82) is 0 Å². The van der Waals surface area contributed by atoms with Crippen LogP contribution in [0.25, 0.3) is 0 Å². The van der Waals surface area contributed by atoms with E-state index >= 15 is 0 Å². The molecule has 26 heavy (non-hydrogen) atoms. The molecule has 1 aromatic carbocycles. The van der Waals surface area contributed by atoms with Crippen LogP contribution < -0.4 is 16.0 Å². The van der Waals surface area contributed by atoms with Crippen molar-refractivity contribution in [3.63, 3.8) is 0 Å². The van der Waals surface area contributed by atoms with Gasteiger partial charge in [-0.05, 0) is 25.1 Å². The lowest BCUT2D eigenvalue weighted by Gasteiger charge is -2.15. The summed E-state index contributed by atoms with van der Waals surface area (Å²) in [5.41, 5.74) is 1.16. The second-order valence-corrected chi connectivity index (χ2v) is 6.24. The molecule has 2 aromatic rings. The van der Waals surface area contributed by atoms with Crippen LogP contribution in [0.2, 0.25) is 0 Å². The Kier molecular flexibility index (Phi) is 6.60. The number of nitrogens with zero attached hydrogens (tertiary/aromatic N) is 2. The Balaban J connectivity index is 1.95. The van der Waals surface area contributed by atoms with E-state index in [0.717, 1.165) is 5.69 Å². The molecule has 0 saturated carbocycles. The van der Waals surface area contributed by atoms with Crippen molar-refractivity contribution in [3.8, 4) is 0 Å². The second-order valence-electron chi connectivity index (χ2n) is 6.24. The Labute approximate surface area is 151 Å². The standard InChI is InChI=1S/C18H22FN5O2/c1-11(2)17(25)24-16-9-13(4-5-15(16)19)23-18(26)22-12(3)8-14-10-20-6-7-21-14/h4-7,9-12H,8H2,1-3H3,(H,24,25)(H2,22,23,26)/t12-/m1/s1. The monoisotopic (exact) mass is 359 g/mol. The number of amides is 3. The van der Waals surface area contributed by atoms with E-state index in [0.29, 0.717) is 12.1 Å². The normalized spacial score (nSPS) is 11.7. The number of nitrogens with one attached hydrogen (secondary N) is 3. The fourth-order valence-electron chi connectivity index (χ4n) is 2.17. The van der Waals surface area contributed by atoms with E-state index in [2.05, 4.69) is 25.9 Å². The van der Waals surface area contributed by atoms with Crippen molar-refractivity contribution in [2.75, 3.05) is 10.6 Å². The fourth-order valence-corrected chi connectivity index (χ4v) is 2.17. The molecule has 8 heteroatoms. The van der Waals surface area contributed by atoms with Crippen molar-refractivity contribution in [2.24, 2.45) is 5.92 Å². The van der Waals surface area contributed by atoms with Crippen molar-refractivity contribution in [1.82, 2.24) is 15.3 Å². The van der Waals surface area contributed by atoms with Gasteiger partial charge in [0.25, 0.3) is 0 Å². The number of anilines is 2. The van der Waals surface area contributed by atoms with Crippen molar-refractivity contribution in [3.05, 3.63) is 48.3 Å². The predicted molar refractivity (Wildman–Crippen MR) is 97.2 cm³/mol. The van der Waals surface area contributed by atoms with E-state index < -0.39 is 11.8 Å². The minimum Gasteiger partial charge on any atom is -0.335 e. The smallest absolute Gasteiger partial charge is 0.319 e. The van der Waals surface area contributed by atoms with E-state index in [4.69, 9.17) is 0 Å². The van der Waals surface area contributed by atoms with E-state index in [1.165, 1.54) is 18.2 Å². The summed E-state index contributed by atoms with van der Waals surface area (Å²) in [6, 6.07) is 3.38. The Hall–Kier alpha value is -3.03. The third kappa shape index (κ3) is 5.80. The number of hydrogen-bond acceptors (Lipinski definition) is 4. The highest BCUT2D eigenvalue weighted by Gasteiger charge is 2.13. The summed E-state index contributed by atoms with van der Waals surface area (Å²) in [7, 11) is 0. The molecule has 0 aliphatic heterocycles. The number of carbonyl (C=O) groups is 2. The molecule has 7 nitrogen and oxygen atoms in total. The number of carbonyl (C=O) groups excluding carboxylic acids is 2. The van der Waals surface area contributed by atoms with Crippen LogP contribution in [0.15, 0.2) is 36.8 Å². The van der Waals surface area contributed by atoms with Crippen molar-refractivity contribution < 1.29 is 14.0 Å². The van der Waals surface area contributed by atoms with E-state index in [1.54, 1.807) is 32.4 Å². The third-order valence-electron chi connectivity index (χ3n) is 3.52. The molecule has 3 N–H and O–H groups in total. The van der Waals surface area contributed by atoms with Crippen LogP contribution >= 0.6 is 0 Å². The summed E-state index contributed by atoms with van der Waals surface area (Å²) in [6.07, 6.45) is 5.34. The molecule has 1 heterocycles. The first-order chi connectivity index (χ1) is 12.3. The van der Waals surface area contributed by atoms with Gasteiger partial charge in [0.1, 0.15) is 5.82 Å². The van der Waals surface area contributed by atoms with Crippen LogP contribution in [-0.2, 0) is 11.2 Å². The van der Waals surface area contributed by atoms with Crippen LogP contribution in [0, 0.1) is 11.7 Å². The summed E-state index contributed by atoms with van der Waals surface area (Å²) in [5.74, 6) is -1.15. The molecular formula is C18H22FN5O2. The van der Waals surface area contributed by atoms with Gasteiger partial charge in [0.05, 0.1) is 11.4 Å². The zero-order valence-electron chi connectivity index (χ0n) is 14.9. The van der Waals surface area contributed by atoms with Gasteiger partial charge >= 0.3 is 6.03 Å². The molecule has 1 atom stereocenters. The Morgan fingerprint density at radius 2 is 1.92 bits per heavy atom. The van der Waals surface area contributed by atoms with Crippen LogP contribution in [-0.4, -0.2) is 27.9 Å². The topological polar surface area (TPSA) is 96.0 Å². The van der Waals surface area contributed by atoms with Crippen LogP contribution in [0.1, 0.15) is 26.5 Å². The maximum Gasteiger partial charge on any atom is 0.319 e. The zero-order valence-corrected chi connectivity index (χ0v) is 14.9. The molecule has 0 spiro atoms. The summed E-state index contributed by atoms with van der Waals surface area (Å²) in [6.45, 7) is 5.26. The lowest BCUT2D eigenvalue weighted by Crippen LogP contribution is -2.37.